The van der Waals surface area contributed by atoms with Gasteiger partial charge in [0.05, 0.1) is 6.04 Å². The molecule has 0 radical (unpaired) electrons. The average molecular weight is 337 g/mol. The van der Waals surface area contributed by atoms with Gasteiger partial charge in [0.2, 0.25) is 5.91 Å². The minimum Gasteiger partial charge on any atom is -0.325 e. The predicted octanol–water partition coefficient (Wildman–Crippen LogP) is 2.87. The highest BCUT2D eigenvalue weighted by Crippen LogP contribution is 2.11. The Labute approximate surface area is 150 Å². The van der Waals surface area contributed by atoms with Crippen molar-refractivity contribution in [1.29, 1.82) is 0 Å². The maximum atomic E-state index is 12.4. The zero-order chi connectivity index (χ0) is 17.5. The molecule has 0 aliphatic carbocycles. The van der Waals surface area contributed by atoms with Gasteiger partial charge in [-0.15, -0.1) is 0 Å². The number of anilines is 1. The van der Waals surface area contributed by atoms with Crippen molar-refractivity contribution < 1.29 is 4.79 Å². The Kier molecular flexibility index (Phi) is 6.20. The van der Waals surface area contributed by atoms with Crippen LogP contribution >= 0.6 is 0 Å². The summed E-state index contributed by atoms with van der Waals surface area (Å²) in [5.41, 5.74) is 2.25. The van der Waals surface area contributed by atoms with Gasteiger partial charge in [-0.1, -0.05) is 48.5 Å². The molecule has 0 bridgehead atoms. The smallest absolute Gasteiger partial charge is 0.241 e. The van der Waals surface area contributed by atoms with E-state index in [9.17, 15) is 4.79 Å². The SMILES string of the molecule is C[C@H](C(=O)Nc1ccccc1)N1CCN(CCc2ccccc2)CC1. The molecular weight excluding hydrogens is 310 g/mol. The molecule has 1 N–H and O–H groups in total. The predicted molar refractivity (Wildman–Crippen MR) is 103 cm³/mol. The van der Waals surface area contributed by atoms with E-state index in [1.165, 1.54) is 5.56 Å². The maximum absolute atomic E-state index is 12.4. The van der Waals surface area contributed by atoms with Crippen LogP contribution in [0.1, 0.15) is 12.5 Å². The van der Waals surface area contributed by atoms with E-state index in [0.29, 0.717) is 0 Å². The number of carbonyl (C=O) groups excluding carboxylic acids is 1. The van der Waals surface area contributed by atoms with E-state index in [1.54, 1.807) is 0 Å². The zero-order valence-corrected chi connectivity index (χ0v) is 14.9. The number of para-hydroxylation sites is 1. The van der Waals surface area contributed by atoms with Crippen molar-refractivity contribution in [2.45, 2.75) is 19.4 Å². The molecule has 132 valence electrons. The summed E-state index contributed by atoms with van der Waals surface area (Å²) in [6.45, 7) is 7.02. The van der Waals surface area contributed by atoms with Gasteiger partial charge in [0.1, 0.15) is 0 Å². The highest BCUT2D eigenvalue weighted by Gasteiger charge is 2.25. The van der Waals surface area contributed by atoms with Crippen LogP contribution < -0.4 is 5.32 Å². The van der Waals surface area contributed by atoms with Gasteiger partial charge >= 0.3 is 0 Å². The fourth-order valence-electron chi connectivity index (χ4n) is 3.24. The summed E-state index contributed by atoms with van der Waals surface area (Å²) in [6.07, 6.45) is 1.09. The van der Waals surface area contributed by atoms with Gasteiger partial charge in [-0.25, -0.2) is 0 Å². The highest BCUT2D eigenvalue weighted by molar-refractivity contribution is 5.94. The van der Waals surface area contributed by atoms with Crippen LogP contribution in [0.2, 0.25) is 0 Å². The largest absolute Gasteiger partial charge is 0.325 e. The van der Waals surface area contributed by atoms with Crippen molar-refractivity contribution in [1.82, 2.24) is 9.80 Å². The molecule has 25 heavy (non-hydrogen) atoms. The first-order chi connectivity index (χ1) is 12.2. The Bertz CT molecular complexity index is 651. The quantitative estimate of drug-likeness (QED) is 0.880. The molecule has 0 spiro atoms. The number of amides is 1. The summed E-state index contributed by atoms with van der Waals surface area (Å²) in [4.78, 5) is 17.2. The van der Waals surface area contributed by atoms with Gasteiger partial charge < -0.3 is 10.2 Å². The minimum atomic E-state index is -0.100. The lowest BCUT2D eigenvalue weighted by Gasteiger charge is -2.37. The third-order valence-electron chi connectivity index (χ3n) is 4.93. The lowest BCUT2D eigenvalue weighted by molar-refractivity contribution is -0.121. The zero-order valence-electron chi connectivity index (χ0n) is 14.9. The van der Waals surface area contributed by atoms with Gasteiger partial charge in [-0.3, -0.25) is 9.69 Å². The molecule has 1 atom stereocenters. The van der Waals surface area contributed by atoms with Crippen molar-refractivity contribution in [3.8, 4) is 0 Å². The second-order valence-corrected chi connectivity index (χ2v) is 6.64. The van der Waals surface area contributed by atoms with E-state index in [-0.39, 0.29) is 11.9 Å². The summed E-state index contributed by atoms with van der Waals surface area (Å²) in [5, 5.41) is 3.00. The molecule has 1 amide bonds. The van der Waals surface area contributed by atoms with Gasteiger partial charge in [0, 0.05) is 38.4 Å². The Morgan fingerprint density at radius 1 is 0.960 bits per heavy atom. The monoisotopic (exact) mass is 337 g/mol. The topological polar surface area (TPSA) is 35.6 Å². The first-order valence-electron chi connectivity index (χ1n) is 9.08. The van der Waals surface area contributed by atoms with Crippen molar-refractivity contribution in [2.75, 3.05) is 38.0 Å². The first-order valence-corrected chi connectivity index (χ1v) is 9.08. The van der Waals surface area contributed by atoms with E-state index >= 15 is 0 Å². The Morgan fingerprint density at radius 2 is 1.56 bits per heavy atom. The molecule has 3 rings (SSSR count). The fraction of sp³-hybridized carbons (Fsp3) is 0.381. The summed E-state index contributed by atoms with van der Waals surface area (Å²) in [6, 6.07) is 20.2. The lowest BCUT2D eigenvalue weighted by atomic mass is 10.1. The molecule has 1 heterocycles. The second kappa shape index (κ2) is 8.79. The molecular formula is C21H27N3O. The lowest BCUT2D eigenvalue weighted by Crippen LogP contribution is -2.53. The summed E-state index contributed by atoms with van der Waals surface area (Å²) in [7, 11) is 0. The number of piperazine rings is 1. The van der Waals surface area contributed by atoms with Crippen LogP contribution in [0.5, 0.6) is 0 Å². The van der Waals surface area contributed by atoms with E-state index in [4.69, 9.17) is 0 Å². The summed E-state index contributed by atoms with van der Waals surface area (Å²) < 4.78 is 0. The molecule has 0 aromatic heterocycles. The van der Waals surface area contributed by atoms with E-state index < -0.39 is 0 Å². The molecule has 2 aromatic rings. The van der Waals surface area contributed by atoms with Crippen LogP contribution in [0.3, 0.4) is 0 Å². The molecule has 1 aliphatic heterocycles. The molecule has 0 saturated carbocycles. The normalized spacial score (nSPS) is 17.2. The van der Waals surface area contributed by atoms with Crippen molar-refractivity contribution in [3.63, 3.8) is 0 Å². The van der Waals surface area contributed by atoms with Crippen LogP contribution in [0, 0.1) is 0 Å². The Balaban J connectivity index is 1.42. The summed E-state index contributed by atoms with van der Waals surface area (Å²) in [5.74, 6) is 0.0731. The van der Waals surface area contributed by atoms with Crippen LogP contribution in [0.25, 0.3) is 0 Å². The van der Waals surface area contributed by atoms with Crippen molar-refractivity contribution >= 4 is 11.6 Å². The van der Waals surface area contributed by atoms with Gasteiger partial charge in [0.15, 0.2) is 0 Å². The molecule has 1 aliphatic rings. The van der Waals surface area contributed by atoms with Crippen LogP contribution in [-0.4, -0.2) is 54.5 Å². The van der Waals surface area contributed by atoms with Gasteiger partial charge in [-0.2, -0.15) is 0 Å². The third kappa shape index (κ3) is 5.15. The number of hydrogen-bond acceptors (Lipinski definition) is 3. The van der Waals surface area contributed by atoms with E-state index in [0.717, 1.165) is 44.8 Å². The molecule has 2 aromatic carbocycles. The Morgan fingerprint density at radius 3 is 2.20 bits per heavy atom. The van der Waals surface area contributed by atoms with Crippen LogP contribution in [0.15, 0.2) is 60.7 Å². The minimum absolute atomic E-state index is 0.0731. The van der Waals surface area contributed by atoms with Gasteiger partial charge in [-0.05, 0) is 31.0 Å². The number of hydrogen-bond donors (Lipinski definition) is 1. The fourth-order valence-corrected chi connectivity index (χ4v) is 3.24. The molecule has 1 fully saturated rings. The molecule has 4 nitrogen and oxygen atoms in total. The number of rotatable bonds is 6. The van der Waals surface area contributed by atoms with Crippen molar-refractivity contribution in [2.24, 2.45) is 0 Å². The van der Waals surface area contributed by atoms with E-state index in [1.807, 2.05) is 37.3 Å². The number of benzene rings is 2. The molecule has 0 unspecified atom stereocenters. The molecule has 4 heteroatoms. The van der Waals surface area contributed by atoms with Gasteiger partial charge in [0.25, 0.3) is 0 Å². The summed E-state index contributed by atoms with van der Waals surface area (Å²) >= 11 is 0. The standard InChI is InChI=1S/C21H27N3O/c1-18(21(25)22-20-10-6-3-7-11-20)24-16-14-23(15-17-24)13-12-19-8-4-2-5-9-19/h2-11,18H,12-17H2,1H3,(H,22,25)/t18-/m1/s1. The van der Waals surface area contributed by atoms with Crippen LogP contribution in [0.4, 0.5) is 5.69 Å². The first kappa shape index (κ1) is 17.6. The molecule has 1 saturated heterocycles. The Hall–Kier alpha value is -2.17. The second-order valence-electron chi connectivity index (χ2n) is 6.64. The highest BCUT2D eigenvalue weighted by atomic mass is 16.2. The maximum Gasteiger partial charge on any atom is 0.241 e. The average Bonchev–Trinajstić information content (AvgIpc) is 2.68. The van der Waals surface area contributed by atoms with Crippen LogP contribution in [-0.2, 0) is 11.2 Å². The number of carbonyl (C=O) groups is 1. The number of nitrogens with zero attached hydrogens (tertiary/aromatic N) is 2. The number of nitrogens with one attached hydrogen (secondary N) is 1. The van der Waals surface area contributed by atoms with Crippen molar-refractivity contribution in [3.05, 3.63) is 66.2 Å². The van der Waals surface area contributed by atoms with E-state index in [2.05, 4.69) is 45.4 Å². The third-order valence-corrected chi connectivity index (χ3v) is 4.93.